The normalized spacial score (nSPS) is 12.1. The van der Waals surface area contributed by atoms with E-state index in [9.17, 15) is 5.11 Å². The molecule has 1 aromatic carbocycles. The number of hydrogen-bond acceptors (Lipinski definition) is 4. The summed E-state index contributed by atoms with van der Waals surface area (Å²) in [5.41, 5.74) is 2.18. The summed E-state index contributed by atoms with van der Waals surface area (Å²) in [6.07, 6.45) is 3.06. The first-order valence-electron chi connectivity index (χ1n) is 7.38. The summed E-state index contributed by atoms with van der Waals surface area (Å²) in [6, 6.07) is 11.7. The predicted molar refractivity (Wildman–Crippen MR) is 83.4 cm³/mol. The summed E-state index contributed by atoms with van der Waals surface area (Å²) < 4.78 is 10.8. The molecule has 0 spiro atoms. The van der Waals surface area contributed by atoms with Gasteiger partial charge in [-0.2, -0.15) is 0 Å². The topological polar surface area (TPSA) is 68.2 Å². The Kier molecular flexibility index (Phi) is 6.83. The molecule has 0 aliphatic rings. The van der Waals surface area contributed by atoms with Crippen molar-refractivity contribution in [1.29, 1.82) is 0 Å². The van der Waals surface area contributed by atoms with E-state index in [0.717, 1.165) is 17.9 Å². The Labute approximate surface area is 130 Å². The van der Waals surface area contributed by atoms with Crippen LogP contribution < -0.4 is 10.1 Å². The van der Waals surface area contributed by atoms with Crippen molar-refractivity contribution in [1.82, 2.24) is 4.98 Å². The first-order chi connectivity index (χ1) is 10.8. The molecule has 0 unspecified atom stereocenters. The van der Waals surface area contributed by atoms with Crippen LogP contribution in [0.25, 0.3) is 0 Å². The zero-order valence-electron chi connectivity index (χ0n) is 12.8. The molecule has 0 amide bonds. The van der Waals surface area contributed by atoms with Crippen LogP contribution in [-0.2, 0) is 17.9 Å². The standard InChI is InChI=1S/C17H22N2O3/c1-21-17-5-3-2-4-15(17)12-22-13-16(20)11-19-10-14-6-8-18-9-7-14/h2-9,16,19-20H,10-13H2,1H3/p+1/t16-/m0/s1. The van der Waals surface area contributed by atoms with Gasteiger partial charge in [-0.1, -0.05) is 18.2 Å². The molecule has 5 heteroatoms. The summed E-state index contributed by atoms with van der Waals surface area (Å²) in [7, 11) is 1.64. The first kappa shape index (κ1) is 16.4. The first-order valence-corrected chi connectivity index (χ1v) is 7.38. The third-order valence-electron chi connectivity index (χ3n) is 3.33. The number of ether oxygens (including phenoxy) is 2. The monoisotopic (exact) mass is 303 g/mol. The van der Waals surface area contributed by atoms with E-state index in [4.69, 9.17) is 9.47 Å². The third-order valence-corrected chi connectivity index (χ3v) is 3.33. The van der Waals surface area contributed by atoms with Crippen LogP contribution in [0.1, 0.15) is 11.1 Å². The Hall–Kier alpha value is -1.95. The number of para-hydroxylation sites is 1. The van der Waals surface area contributed by atoms with Gasteiger partial charge in [0, 0.05) is 23.5 Å². The molecule has 1 heterocycles. The van der Waals surface area contributed by atoms with E-state index in [1.807, 2.05) is 36.4 Å². The lowest BCUT2D eigenvalue weighted by Gasteiger charge is -2.12. The van der Waals surface area contributed by atoms with E-state index in [0.29, 0.717) is 19.8 Å². The quantitative estimate of drug-likeness (QED) is 0.717. The number of nitrogens with two attached hydrogens (primary N) is 1. The van der Waals surface area contributed by atoms with E-state index in [-0.39, 0.29) is 0 Å². The predicted octanol–water partition coefficient (Wildman–Crippen LogP) is 0.731. The van der Waals surface area contributed by atoms with Crippen molar-refractivity contribution < 1.29 is 19.9 Å². The van der Waals surface area contributed by atoms with E-state index in [2.05, 4.69) is 10.3 Å². The molecule has 2 rings (SSSR count). The summed E-state index contributed by atoms with van der Waals surface area (Å²) in [5.74, 6) is 0.807. The van der Waals surface area contributed by atoms with Gasteiger partial charge in [0.25, 0.3) is 0 Å². The van der Waals surface area contributed by atoms with Crippen molar-refractivity contribution in [3.8, 4) is 5.75 Å². The maximum atomic E-state index is 9.93. The van der Waals surface area contributed by atoms with Crippen LogP contribution in [-0.4, -0.2) is 36.5 Å². The Bertz CT molecular complexity index is 549. The Morgan fingerprint density at radius 2 is 1.95 bits per heavy atom. The van der Waals surface area contributed by atoms with E-state index >= 15 is 0 Å². The molecule has 0 saturated carbocycles. The van der Waals surface area contributed by atoms with Gasteiger partial charge >= 0.3 is 0 Å². The molecule has 22 heavy (non-hydrogen) atoms. The van der Waals surface area contributed by atoms with Crippen molar-refractivity contribution in [2.75, 3.05) is 20.3 Å². The molecule has 3 N–H and O–H groups in total. The molecule has 118 valence electrons. The number of rotatable bonds is 9. The number of aliphatic hydroxyl groups excluding tert-OH is 1. The van der Waals surface area contributed by atoms with Crippen molar-refractivity contribution in [2.24, 2.45) is 0 Å². The van der Waals surface area contributed by atoms with Gasteiger partial charge in [0.05, 0.1) is 20.3 Å². The molecule has 5 nitrogen and oxygen atoms in total. The number of methoxy groups -OCH3 is 1. The average molecular weight is 303 g/mol. The highest BCUT2D eigenvalue weighted by atomic mass is 16.5. The molecule has 1 atom stereocenters. The number of pyridine rings is 1. The average Bonchev–Trinajstić information content (AvgIpc) is 2.56. The van der Waals surface area contributed by atoms with Gasteiger partial charge in [-0.25, -0.2) is 0 Å². The fraction of sp³-hybridized carbons (Fsp3) is 0.353. The third kappa shape index (κ3) is 5.44. The zero-order chi connectivity index (χ0) is 15.6. The highest BCUT2D eigenvalue weighted by Crippen LogP contribution is 2.17. The summed E-state index contributed by atoms with van der Waals surface area (Å²) >= 11 is 0. The van der Waals surface area contributed by atoms with Crippen LogP contribution in [0.4, 0.5) is 0 Å². The molecular formula is C17H23N2O3+. The van der Waals surface area contributed by atoms with E-state index < -0.39 is 6.10 Å². The second kappa shape index (κ2) is 9.15. The van der Waals surface area contributed by atoms with Crippen molar-refractivity contribution in [2.45, 2.75) is 19.3 Å². The molecule has 2 aromatic rings. The smallest absolute Gasteiger partial charge is 0.126 e. The highest BCUT2D eigenvalue weighted by Gasteiger charge is 2.08. The number of nitrogens with zero attached hydrogens (tertiary/aromatic N) is 1. The minimum absolute atomic E-state index is 0.310. The number of hydrogen-bond donors (Lipinski definition) is 2. The SMILES string of the molecule is COc1ccccc1COC[C@@H](O)C[NH2+]Cc1ccncc1. The van der Waals surface area contributed by atoms with Gasteiger partial charge in [-0.05, 0) is 18.2 Å². The zero-order valence-corrected chi connectivity index (χ0v) is 12.8. The van der Waals surface area contributed by atoms with Gasteiger partial charge < -0.3 is 19.9 Å². The Balaban J connectivity index is 1.64. The second-order valence-electron chi connectivity index (χ2n) is 5.06. The lowest BCUT2D eigenvalue weighted by Crippen LogP contribution is -2.85. The van der Waals surface area contributed by atoms with Crippen LogP contribution in [0.15, 0.2) is 48.8 Å². The van der Waals surface area contributed by atoms with E-state index in [1.165, 1.54) is 5.56 Å². The lowest BCUT2D eigenvalue weighted by molar-refractivity contribution is -0.676. The largest absolute Gasteiger partial charge is 0.496 e. The highest BCUT2D eigenvalue weighted by molar-refractivity contribution is 5.32. The van der Waals surface area contributed by atoms with Gasteiger partial charge in [0.2, 0.25) is 0 Å². The summed E-state index contributed by atoms with van der Waals surface area (Å²) in [5, 5.41) is 12.0. The van der Waals surface area contributed by atoms with Crippen LogP contribution in [0.3, 0.4) is 0 Å². The van der Waals surface area contributed by atoms with Gasteiger partial charge in [0.1, 0.15) is 24.9 Å². The Morgan fingerprint density at radius 3 is 2.73 bits per heavy atom. The molecular weight excluding hydrogens is 280 g/mol. The van der Waals surface area contributed by atoms with Gasteiger partial charge in [0.15, 0.2) is 0 Å². The lowest BCUT2D eigenvalue weighted by atomic mass is 10.2. The number of quaternary nitrogens is 1. The molecule has 0 fully saturated rings. The van der Waals surface area contributed by atoms with Crippen LogP contribution in [0, 0.1) is 0 Å². The fourth-order valence-corrected chi connectivity index (χ4v) is 2.16. The molecule has 1 aromatic heterocycles. The maximum Gasteiger partial charge on any atom is 0.126 e. The van der Waals surface area contributed by atoms with Crippen molar-refractivity contribution >= 4 is 0 Å². The molecule has 0 aliphatic carbocycles. The van der Waals surface area contributed by atoms with Gasteiger partial charge in [-0.15, -0.1) is 0 Å². The van der Waals surface area contributed by atoms with E-state index in [1.54, 1.807) is 19.5 Å². The molecule has 0 bridgehead atoms. The minimum Gasteiger partial charge on any atom is -0.496 e. The van der Waals surface area contributed by atoms with Crippen molar-refractivity contribution in [3.05, 3.63) is 59.9 Å². The maximum absolute atomic E-state index is 9.93. The second-order valence-corrected chi connectivity index (χ2v) is 5.06. The Morgan fingerprint density at radius 1 is 1.18 bits per heavy atom. The number of aromatic nitrogens is 1. The van der Waals surface area contributed by atoms with Crippen LogP contribution >= 0.6 is 0 Å². The molecule has 0 radical (unpaired) electrons. The molecule has 0 saturated heterocycles. The number of benzene rings is 1. The minimum atomic E-state index is -0.489. The van der Waals surface area contributed by atoms with Crippen LogP contribution in [0.5, 0.6) is 5.75 Å². The van der Waals surface area contributed by atoms with Crippen molar-refractivity contribution in [3.63, 3.8) is 0 Å². The fourth-order valence-electron chi connectivity index (χ4n) is 2.16. The van der Waals surface area contributed by atoms with Crippen LogP contribution in [0.2, 0.25) is 0 Å². The van der Waals surface area contributed by atoms with Gasteiger partial charge in [-0.3, -0.25) is 4.98 Å². The molecule has 0 aliphatic heterocycles. The number of aliphatic hydroxyl groups is 1. The summed E-state index contributed by atoms with van der Waals surface area (Å²) in [4.78, 5) is 3.98. The summed E-state index contributed by atoms with van der Waals surface area (Å²) in [6.45, 7) is 2.18.